The summed E-state index contributed by atoms with van der Waals surface area (Å²) < 4.78 is 18.6. The molecule has 7 nitrogen and oxygen atoms in total. The summed E-state index contributed by atoms with van der Waals surface area (Å²) in [7, 11) is 1.50. The molecule has 8 heteroatoms. The molecule has 1 atom stereocenters. The number of nitrogens with one attached hydrogen (secondary N) is 1. The summed E-state index contributed by atoms with van der Waals surface area (Å²) in [5.74, 6) is -0.322. The third-order valence-electron chi connectivity index (χ3n) is 4.55. The van der Waals surface area contributed by atoms with Crippen LogP contribution in [0.2, 0.25) is 0 Å². The van der Waals surface area contributed by atoms with Crippen LogP contribution in [0.25, 0.3) is 0 Å². The highest BCUT2D eigenvalue weighted by atomic mass is 19.1. The zero-order valence-electron chi connectivity index (χ0n) is 15.5. The Morgan fingerprint density at radius 1 is 1.27 bits per heavy atom. The summed E-state index contributed by atoms with van der Waals surface area (Å²) in [5.41, 5.74) is 6.57. The zero-order valence-corrected chi connectivity index (χ0v) is 15.5. The second-order valence-corrected chi connectivity index (χ2v) is 6.67. The molecule has 0 aliphatic carbocycles. The van der Waals surface area contributed by atoms with Gasteiger partial charge in [0.25, 0.3) is 0 Å². The maximum Gasteiger partial charge on any atom is 0.242 e. The minimum atomic E-state index is -0.620. The fourth-order valence-corrected chi connectivity index (χ4v) is 2.80. The number of piperazine rings is 1. The summed E-state index contributed by atoms with van der Waals surface area (Å²) in [6.45, 7) is 5.90. The molecule has 0 spiro atoms. The van der Waals surface area contributed by atoms with E-state index in [0.29, 0.717) is 31.9 Å². The van der Waals surface area contributed by atoms with Crippen molar-refractivity contribution in [2.45, 2.75) is 19.9 Å². The van der Waals surface area contributed by atoms with Gasteiger partial charge in [0.15, 0.2) is 0 Å². The lowest BCUT2D eigenvalue weighted by Crippen LogP contribution is -2.53. The predicted molar refractivity (Wildman–Crippen MR) is 97.6 cm³/mol. The molecule has 1 fully saturated rings. The summed E-state index contributed by atoms with van der Waals surface area (Å²) >= 11 is 0. The van der Waals surface area contributed by atoms with E-state index < -0.39 is 6.04 Å². The van der Waals surface area contributed by atoms with Crippen molar-refractivity contribution in [3.63, 3.8) is 0 Å². The van der Waals surface area contributed by atoms with Crippen molar-refractivity contribution >= 4 is 17.5 Å². The summed E-state index contributed by atoms with van der Waals surface area (Å²) in [6.07, 6.45) is 0. The molecule has 2 rings (SSSR count). The first-order valence-electron chi connectivity index (χ1n) is 8.73. The molecule has 1 saturated heterocycles. The number of nitrogens with zero attached hydrogens (tertiary/aromatic N) is 2. The molecule has 1 aromatic rings. The lowest BCUT2D eigenvalue weighted by molar-refractivity contribution is -0.133. The molecule has 0 radical (unpaired) electrons. The number of carbonyl (C=O) groups excluding carboxylic acids is 2. The van der Waals surface area contributed by atoms with Gasteiger partial charge in [-0.15, -0.1) is 0 Å². The smallest absolute Gasteiger partial charge is 0.242 e. The van der Waals surface area contributed by atoms with Crippen molar-refractivity contribution in [3.8, 4) is 5.75 Å². The molecule has 26 heavy (non-hydrogen) atoms. The average Bonchev–Trinajstić information content (AvgIpc) is 2.65. The van der Waals surface area contributed by atoms with E-state index in [9.17, 15) is 14.0 Å². The molecule has 1 aliphatic rings. The van der Waals surface area contributed by atoms with Gasteiger partial charge in [-0.05, 0) is 18.1 Å². The van der Waals surface area contributed by atoms with Crippen LogP contribution in [-0.2, 0) is 9.59 Å². The summed E-state index contributed by atoms with van der Waals surface area (Å²) in [5, 5.41) is 2.60. The van der Waals surface area contributed by atoms with E-state index in [1.54, 1.807) is 11.0 Å². The SMILES string of the molecule is COc1cc(F)ccc1N1CCN(C(=O)CNC(=O)[C@@H](N)C(C)C)CC1. The Kier molecular flexibility index (Phi) is 6.79. The van der Waals surface area contributed by atoms with Gasteiger partial charge in [0, 0.05) is 32.2 Å². The van der Waals surface area contributed by atoms with E-state index in [4.69, 9.17) is 10.5 Å². The van der Waals surface area contributed by atoms with E-state index in [2.05, 4.69) is 10.2 Å². The van der Waals surface area contributed by atoms with E-state index in [1.807, 2.05) is 13.8 Å². The molecule has 1 aliphatic heterocycles. The monoisotopic (exact) mass is 366 g/mol. The van der Waals surface area contributed by atoms with Gasteiger partial charge in [0.05, 0.1) is 25.4 Å². The number of ether oxygens (including phenoxy) is 1. The highest BCUT2D eigenvalue weighted by molar-refractivity contribution is 5.87. The van der Waals surface area contributed by atoms with Crippen LogP contribution < -0.4 is 20.7 Å². The number of amides is 2. The minimum Gasteiger partial charge on any atom is -0.494 e. The van der Waals surface area contributed by atoms with Gasteiger partial charge >= 0.3 is 0 Å². The average molecular weight is 366 g/mol. The minimum absolute atomic E-state index is 0.0133. The first-order valence-corrected chi connectivity index (χ1v) is 8.73. The zero-order chi connectivity index (χ0) is 19.3. The number of carbonyl (C=O) groups is 2. The molecular formula is C18H27FN4O3. The number of halogens is 1. The second-order valence-electron chi connectivity index (χ2n) is 6.67. The molecule has 0 bridgehead atoms. The first kappa shape index (κ1) is 20.0. The van der Waals surface area contributed by atoms with Crippen LogP contribution in [-0.4, -0.2) is 62.6 Å². The number of methoxy groups -OCH3 is 1. The lowest BCUT2D eigenvalue weighted by Gasteiger charge is -2.36. The van der Waals surface area contributed by atoms with Crippen LogP contribution in [0.5, 0.6) is 5.75 Å². The molecule has 0 saturated carbocycles. The van der Waals surface area contributed by atoms with Crippen LogP contribution >= 0.6 is 0 Å². The Balaban J connectivity index is 1.86. The van der Waals surface area contributed by atoms with Crippen molar-refractivity contribution in [2.24, 2.45) is 11.7 Å². The topological polar surface area (TPSA) is 87.9 Å². The number of nitrogens with two attached hydrogens (primary N) is 1. The van der Waals surface area contributed by atoms with Gasteiger partial charge in [-0.3, -0.25) is 9.59 Å². The maximum absolute atomic E-state index is 13.3. The molecule has 144 valence electrons. The number of anilines is 1. The predicted octanol–water partition coefficient (Wildman–Crippen LogP) is 0.582. The maximum atomic E-state index is 13.3. The largest absolute Gasteiger partial charge is 0.494 e. The van der Waals surface area contributed by atoms with Crippen molar-refractivity contribution in [1.82, 2.24) is 10.2 Å². The number of hydrogen-bond acceptors (Lipinski definition) is 5. The third-order valence-corrected chi connectivity index (χ3v) is 4.55. The summed E-state index contributed by atoms with van der Waals surface area (Å²) in [4.78, 5) is 27.9. The van der Waals surface area contributed by atoms with Crippen molar-refractivity contribution < 1.29 is 18.7 Å². The molecular weight excluding hydrogens is 339 g/mol. The number of rotatable bonds is 6. The molecule has 3 N–H and O–H groups in total. The van der Waals surface area contributed by atoms with Crippen molar-refractivity contribution in [1.29, 1.82) is 0 Å². The van der Waals surface area contributed by atoms with Gasteiger partial charge in [-0.25, -0.2) is 4.39 Å². The van der Waals surface area contributed by atoms with Crippen molar-refractivity contribution in [3.05, 3.63) is 24.0 Å². The van der Waals surface area contributed by atoms with E-state index in [0.717, 1.165) is 5.69 Å². The highest BCUT2D eigenvalue weighted by Gasteiger charge is 2.24. The molecule has 0 aromatic heterocycles. The molecule has 1 heterocycles. The van der Waals surface area contributed by atoms with E-state index >= 15 is 0 Å². The highest BCUT2D eigenvalue weighted by Crippen LogP contribution is 2.29. The number of benzene rings is 1. The van der Waals surface area contributed by atoms with Crippen LogP contribution in [0.4, 0.5) is 10.1 Å². The van der Waals surface area contributed by atoms with Gasteiger partial charge < -0.3 is 25.6 Å². The van der Waals surface area contributed by atoms with Crippen LogP contribution in [0, 0.1) is 11.7 Å². The normalized spacial score (nSPS) is 15.8. The standard InChI is InChI=1S/C18H27FN4O3/c1-12(2)17(20)18(25)21-11-16(24)23-8-6-22(7-9-23)14-5-4-13(19)10-15(14)26-3/h4-5,10,12,17H,6-9,11,20H2,1-3H3,(H,21,25)/t17-/m0/s1. The van der Waals surface area contributed by atoms with Crippen LogP contribution in [0.3, 0.4) is 0 Å². The van der Waals surface area contributed by atoms with E-state index in [1.165, 1.54) is 19.2 Å². The second kappa shape index (κ2) is 8.84. The third kappa shape index (κ3) is 4.85. The van der Waals surface area contributed by atoms with Crippen LogP contribution in [0.15, 0.2) is 18.2 Å². The Labute approximate surface area is 153 Å². The Morgan fingerprint density at radius 3 is 2.50 bits per heavy atom. The first-order chi connectivity index (χ1) is 12.3. The van der Waals surface area contributed by atoms with Crippen molar-refractivity contribution in [2.75, 3.05) is 44.7 Å². The Hall–Kier alpha value is -2.35. The molecule has 1 aromatic carbocycles. The quantitative estimate of drug-likeness (QED) is 0.769. The lowest BCUT2D eigenvalue weighted by atomic mass is 10.1. The Morgan fingerprint density at radius 2 is 1.92 bits per heavy atom. The van der Waals surface area contributed by atoms with Gasteiger partial charge in [0.2, 0.25) is 11.8 Å². The van der Waals surface area contributed by atoms with Gasteiger partial charge in [-0.1, -0.05) is 13.8 Å². The van der Waals surface area contributed by atoms with E-state index in [-0.39, 0.29) is 30.1 Å². The van der Waals surface area contributed by atoms with Gasteiger partial charge in [0.1, 0.15) is 11.6 Å². The molecule has 2 amide bonds. The summed E-state index contributed by atoms with van der Waals surface area (Å²) in [6, 6.07) is 3.80. The van der Waals surface area contributed by atoms with Crippen LogP contribution in [0.1, 0.15) is 13.8 Å². The fraction of sp³-hybridized carbons (Fsp3) is 0.556. The number of hydrogen-bond donors (Lipinski definition) is 2. The molecule has 0 unspecified atom stereocenters. The Bertz CT molecular complexity index is 645. The fourth-order valence-electron chi connectivity index (χ4n) is 2.80. The van der Waals surface area contributed by atoms with Gasteiger partial charge in [-0.2, -0.15) is 0 Å².